The Kier molecular flexibility index (Phi) is 5.33. The summed E-state index contributed by atoms with van der Waals surface area (Å²) < 4.78 is 1.34. The lowest BCUT2D eigenvalue weighted by Gasteiger charge is -2.03. The molecule has 1 aromatic carbocycles. The van der Waals surface area contributed by atoms with Crippen LogP contribution in [0.4, 0.5) is 0 Å². The minimum absolute atomic E-state index is 0.127. The third-order valence-electron chi connectivity index (χ3n) is 4.30. The molecule has 0 saturated heterocycles. The molecule has 0 amide bonds. The molecule has 2 N–H and O–H groups in total. The van der Waals surface area contributed by atoms with Gasteiger partial charge in [0.05, 0.1) is 17.0 Å². The number of nitrogens with one attached hydrogen (secondary N) is 1. The van der Waals surface area contributed by atoms with Gasteiger partial charge in [-0.3, -0.25) is 9.89 Å². The van der Waals surface area contributed by atoms with Crippen LogP contribution >= 0.6 is 11.6 Å². The van der Waals surface area contributed by atoms with Gasteiger partial charge in [0.25, 0.3) is 5.56 Å². The SMILES string of the molecule is C=C/C(Cl)=C(\C=C/C)c1[nH]n2c(=O)cc(-c3cccc(C(=O)O)c3)nc2c1C. The second kappa shape index (κ2) is 7.70. The molecule has 3 aromatic rings. The van der Waals surface area contributed by atoms with Gasteiger partial charge in [-0.25, -0.2) is 14.3 Å². The summed E-state index contributed by atoms with van der Waals surface area (Å²) in [6, 6.07) is 7.68. The van der Waals surface area contributed by atoms with Crippen molar-refractivity contribution in [1.82, 2.24) is 14.6 Å². The minimum Gasteiger partial charge on any atom is -0.478 e. The maximum absolute atomic E-state index is 12.7. The zero-order valence-corrected chi connectivity index (χ0v) is 16.1. The lowest BCUT2D eigenvalue weighted by atomic mass is 10.1. The Morgan fingerprint density at radius 3 is 2.75 bits per heavy atom. The molecule has 7 heteroatoms. The molecule has 0 aliphatic rings. The van der Waals surface area contributed by atoms with Crippen LogP contribution in [0.3, 0.4) is 0 Å². The molecule has 0 fully saturated rings. The largest absolute Gasteiger partial charge is 0.478 e. The fourth-order valence-corrected chi connectivity index (χ4v) is 3.09. The predicted octanol–water partition coefficient (Wildman–Crippen LogP) is 4.41. The highest BCUT2D eigenvalue weighted by Crippen LogP contribution is 2.27. The molecule has 0 radical (unpaired) electrons. The highest BCUT2D eigenvalue weighted by atomic mass is 35.5. The minimum atomic E-state index is -1.04. The van der Waals surface area contributed by atoms with Crippen LogP contribution in [0.25, 0.3) is 22.5 Å². The lowest BCUT2D eigenvalue weighted by Crippen LogP contribution is -2.14. The van der Waals surface area contributed by atoms with Crippen LogP contribution in [-0.2, 0) is 0 Å². The number of aromatic carboxylic acids is 1. The van der Waals surface area contributed by atoms with Crippen molar-refractivity contribution in [2.75, 3.05) is 0 Å². The van der Waals surface area contributed by atoms with Gasteiger partial charge in [-0.2, -0.15) is 0 Å². The summed E-state index contributed by atoms with van der Waals surface area (Å²) in [5.74, 6) is -1.04. The normalized spacial score (nSPS) is 12.4. The highest BCUT2D eigenvalue weighted by molar-refractivity contribution is 6.34. The number of hydrogen-bond acceptors (Lipinski definition) is 3. The van der Waals surface area contributed by atoms with Crippen molar-refractivity contribution in [2.24, 2.45) is 0 Å². The first kappa shape index (κ1) is 19.4. The molecular formula is C21H18ClN3O3. The number of hydrogen-bond donors (Lipinski definition) is 2. The fraction of sp³-hybridized carbons (Fsp3) is 0.0952. The molecule has 6 nitrogen and oxygen atoms in total. The van der Waals surface area contributed by atoms with E-state index in [0.717, 1.165) is 5.56 Å². The van der Waals surface area contributed by atoms with E-state index in [0.29, 0.717) is 33.2 Å². The Morgan fingerprint density at radius 1 is 1.36 bits per heavy atom. The smallest absolute Gasteiger partial charge is 0.335 e. The molecule has 0 saturated carbocycles. The van der Waals surface area contributed by atoms with Crippen LogP contribution < -0.4 is 5.56 Å². The summed E-state index contributed by atoms with van der Waals surface area (Å²) in [4.78, 5) is 28.5. The van der Waals surface area contributed by atoms with Crippen molar-refractivity contribution in [3.05, 3.63) is 87.3 Å². The monoisotopic (exact) mass is 395 g/mol. The number of allylic oxidation sites excluding steroid dienone is 5. The van der Waals surface area contributed by atoms with Crippen molar-refractivity contribution in [2.45, 2.75) is 13.8 Å². The van der Waals surface area contributed by atoms with E-state index in [1.54, 1.807) is 12.1 Å². The molecular weight excluding hydrogens is 378 g/mol. The predicted molar refractivity (Wildman–Crippen MR) is 111 cm³/mol. The summed E-state index contributed by atoms with van der Waals surface area (Å²) in [7, 11) is 0. The Balaban J connectivity index is 2.26. The van der Waals surface area contributed by atoms with Gasteiger partial charge >= 0.3 is 5.97 Å². The van der Waals surface area contributed by atoms with E-state index in [2.05, 4.69) is 16.7 Å². The number of nitrogens with zero attached hydrogens (tertiary/aromatic N) is 2. The molecule has 0 aliphatic heterocycles. The van der Waals surface area contributed by atoms with Crippen molar-refractivity contribution in [1.29, 1.82) is 0 Å². The molecule has 0 aliphatic carbocycles. The highest BCUT2D eigenvalue weighted by Gasteiger charge is 2.16. The standard InChI is InChI=1S/C21H18ClN3O3/c1-4-7-15(16(22)5-2)19-12(3)20-23-17(11-18(26)25(20)24-19)13-8-6-9-14(10-13)21(27)28/h4-11,24H,2H2,1,3H3,(H,27,28)/b7-4-,16-15-. The van der Waals surface area contributed by atoms with Gasteiger partial charge in [-0.1, -0.05) is 48.5 Å². The number of benzene rings is 1. The first-order valence-corrected chi connectivity index (χ1v) is 8.86. The van der Waals surface area contributed by atoms with Crippen LogP contribution in [0.1, 0.15) is 28.5 Å². The van der Waals surface area contributed by atoms with Crippen LogP contribution in [0, 0.1) is 6.92 Å². The van der Waals surface area contributed by atoms with E-state index >= 15 is 0 Å². The number of H-pyrrole nitrogens is 1. The third-order valence-corrected chi connectivity index (χ3v) is 4.66. The zero-order chi connectivity index (χ0) is 20.4. The maximum atomic E-state index is 12.7. The summed E-state index contributed by atoms with van der Waals surface area (Å²) in [5, 5.41) is 12.7. The summed E-state index contributed by atoms with van der Waals surface area (Å²) in [5.41, 5.74) is 3.28. The van der Waals surface area contributed by atoms with Crippen LogP contribution in [0.5, 0.6) is 0 Å². The number of carbonyl (C=O) groups is 1. The van der Waals surface area contributed by atoms with Gasteiger partial charge in [-0.05, 0) is 26.0 Å². The van der Waals surface area contributed by atoms with Crippen LogP contribution in [-0.4, -0.2) is 25.7 Å². The van der Waals surface area contributed by atoms with E-state index in [1.807, 2.05) is 26.0 Å². The number of halogens is 1. The Morgan fingerprint density at radius 2 is 2.11 bits per heavy atom. The van der Waals surface area contributed by atoms with Gasteiger partial charge < -0.3 is 5.11 Å². The summed E-state index contributed by atoms with van der Waals surface area (Å²) >= 11 is 6.29. The Bertz CT molecular complexity index is 1220. The van der Waals surface area contributed by atoms with Gasteiger partial charge in [0.2, 0.25) is 0 Å². The van der Waals surface area contributed by atoms with E-state index in [4.69, 9.17) is 11.6 Å². The van der Waals surface area contributed by atoms with Gasteiger partial charge in [0, 0.05) is 27.8 Å². The topological polar surface area (TPSA) is 87.5 Å². The number of carboxylic acid groups (broad SMARTS) is 1. The maximum Gasteiger partial charge on any atom is 0.335 e. The third kappa shape index (κ3) is 3.42. The van der Waals surface area contributed by atoms with Gasteiger partial charge in [0.1, 0.15) is 0 Å². The summed E-state index contributed by atoms with van der Waals surface area (Å²) in [6.07, 6.45) is 5.19. The Labute approximate surface area is 166 Å². The summed E-state index contributed by atoms with van der Waals surface area (Å²) in [6.45, 7) is 7.40. The van der Waals surface area contributed by atoms with Crippen LogP contribution in [0.2, 0.25) is 0 Å². The molecule has 2 aromatic heterocycles. The fourth-order valence-electron chi connectivity index (χ4n) is 2.93. The quantitative estimate of drug-likeness (QED) is 0.626. The van der Waals surface area contributed by atoms with Crippen LogP contribution in [0.15, 0.2) is 65.0 Å². The Hall–Kier alpha value is -3.38. The second-order valence-corrected chi connectivity index (χ2v) is 6.51. The van der Waals surface area contributed by atoms with E-state index in [9.17, 15) is 14.7 Å². The van der Waals surface area contributed by atoms with Gasteiger partial charge in [-0.15, -0.1) is 0 Å². The second-order valence-electron chi connectivity index (χ2n) is 6.10. The number of aryl methyl sites for hydroxylation is 1. The van der Waals surface area contributed by atoms with Crippen molar-refractivity contribution < 1.29 is 9.90 Å². The molecule has 28 heavy (non-hydrogen) atoms. The number of aromatic nitrogens is 3. The average molecular weight is 396 g/mol. The number of rotatable bonds is 5. The first-order chi connectivity index (χ1) is 13.4. The molecule has 0 atom stereocenters. The average Bonchev–Trinajstić information content (AvgIpc) is 3.02. The number of fused-ring (bicyclic) bond motifs is 1. The first-order valence-electron chi connectivity index (χ1n) is 8.48. The van der Waals surface area contributed by atoms with Crippen molar-refractivity contribution >= 4 is 28.8 Å². The molecule has 0 spiro atoms. The molecule has 0 bridgehead atoms. The molecule has 0 unspecified atom stereocenters. The number of aromatic amines is 1. The van der Waals surface area contributed by atoms with E-state index in [1.165, 1.54) is 28.8 Å². The molecule has 3 rings (SSSR count). The molecule has 2 heterocycles. The number of carboxylic acids is 1. The van der Waals surface area contributed by atoms with Gasteiger partial charge in [0.15, 0.2) is 5.65 Å². The van der Waals surface area contributed by atoms with Crippen molar-refractivity contribution in [3.8, 4) is 11.3 Å². The zero-order valence-electron chi connectivity index (χ0n) is 15.4. The van der Waals surface area contributed by atoms with E-state index < -0.39 is 5.97 Å². The van der Waals surface area contributed by atoms with Crippen molar-refractivity contribution in [3.63, 3.8) is 0 Å². The molecule has 142 valence electrons. The lowest BCUT2D eigenvalue weighted by molar-refractivity contribution is 0.0697. The van der Waals surface area contributed by atoms with E-state index in [-0.39, 0.29) is 11.1 Å².